The first-order valence-electron chi connectivity index (χ1n) is 10.7. The van der Waals surface area contributed by atoms with Gasteiger partial charge in [0.15, 0.2) is 0 Å². The summed E-state index contributed by atoms with van der Waals surface area (Å²) in [4.78, 5) is 0. The van der Waals surface area contributed by atoms with E-state index in [0.717, 1.165) is 0 Å². The topological polar surface area (TPSA) is 20.2 Å². The van der Waals surface area contributed by atoms with Crippen LogP contribution in [0.15, 0.2) is 0 Å². The first-order valence-corrected chi connectivity index (χ1v) is 10.7. The van der Waals surface area contributed by atoms with E-state index in [0.29, 0.717) is 0 Å². The molecule has 0 aliphatic rings. The molecule has 0 aromatic carbocycles. The highest BCUT2D eigenvalue weighted by Crippen LogP contribution is 2.69. The van der Waals surface area contributed by atoms with Gasteiger partial charge in [-0.05, 0) is 0 Å². The Bertz CT molecular complexity index is 1260. The van der Waals surface area contributed by atoms with Crippen LogP contribution in [-0.4, -0.2) is 107 Å². The van der Waals surface area contributed by atoms with Gasteiger partial charge in [0.05, 0.1) is 0 Å². The van der Waals surface area contributed by atoms with Crippen LogP contribution < -0.4 is 0 Å². The Morgan fingerprint density at radius 2 is 0.314 bits per heavy atom. The van der Waals surface area contributed by atoms with E-state index in [2.05, 4.69) is 0 Å². The molecule has 0 amide bonds. The van der Waals surface area contributed by atoms with Gasteiger partial charge in [-0.15, -0.1) is 0 Å². The minimum Gasteiger partial charge on any atom is -0.390 e. The quantitative estimate of drug-likeness (QED) is 0.163. The van der Waals surface area contributed by atoms with E-state index >= 15 is 0 Å². The Kier molecular flexibility index (Phi) is 11.0. The number of aliphatic hydroxyl groups is 1. The molecule has 0 fully saturated rings. The van der Waals surface area contributed by atoms with Gasteiger partial charge >= 0.3 is 95.0 Å². The van der Waals surface area contributed by atoms with Crippen LogP contribution >= 0.6 is 0 Å². The molecule has 0 heterocycles. The molecule has 0 aliphatic heterocycles. The lowest BCUT2D eigenvalue weighted by atomic mass is 9.82. The second-order valence-corrected chi connectivity index (χ2v) is 9.40. The smallest absolute Gasteiger partial charge is 0.390 e. The van der Waals surface area contributed by atoms with Crippen LogP contribution in [-0.2, 0) is 0 Å². The molecular formula is C17H3F33O. The Labute approximate surface area is 253 Å². The van der Waals surface area contributed by atoms with Crippen molar-refractivity contribution < 1.29 is 150 Å². The molecule has 308 valence electrons. The van der Waals surface area contributed by atoms with E-state index in [4.69, 9.17) is 5.11 Å². The van der Waals surface area contributed by atoms with E-state index in [-0.39, 0.29) is 0 Å². The summed E-state index contributed by atoms with van der Waals surface area (Å²) in [7, 11) is 0. The summed E-state index contributed by atoms with van der Waals surface area (Å²) in [6.07, 6.45) is -8.39. The summed E-state index contributed by atoms with van der Waals surface area (Å²) in [5.74, 6) is -143. The number of alkyl halides is 33. The molecule has 0 unspecified atom stereocenters. The average molecular weight is 850 g/mol. The predicted molar refractivity (Wildman–Crippen MR) is 87.3 cm³/mol. The fourth-order valence-electron chi connectivity index (χ4n) is 2.87. The van der Waals surface area contributed by atoms with Gasteiger partial charge in [-0.1, -0.05) is 0 Å². The molecule has 1 N–H and O–H groups in total. The maximum Gasteiger partial charge on any atom is 0.460 e. The van der Waals surface area contributed by atoms with E-state index < -0.39 is 102 Å². The first kappa shape index (κ1) is 48.6. The van der Waals surface area contributed by atoms with Crippen LogP contribution in [0.25, 0.3) is 0 Å². The summed E-state index contributed by atoms with van der Waals surface area (Å²) in [5.41, 5.74) is 0. The normalized spacial score (nSPS) is 17.3. The van der Waals surface area contributed by atoms with Gasteiger partial charge in [0, 0.05) is 0 Å². The fourth-order valence-corrected chi connectivity index (χ4v) is 2.87. The summed E-state index contributed by atoms with van der Waals surface area (Å²) >= 11 is 0. The highest BCUT2D eigenvalue weighted by molar-refractivity contribution is 5.22. The zero-order valence-electron chi connectivity index (χ0n) is 21.6. The Morgan fingerprint density at radius 1 is 0.196 bits per heavy atom. The Hall–Kier alpha value is -2.35. The number of hydrogen-bond donors (Lipinski definition) is 1. The monoisotopic (exact) mass is 850 g/mol. The second-order valence-electron chi connectivity index (χ2n) is 9.40. The van der Waals surface area contributed by atoms with Crippen molar-refractivity contribution >= 4 is 0 Å². The van der Waals surface area contributed by atoms with E-state index in [1.165, 1.54) is 0 Å². The van der Waals surface area contributed by atoms with Gasteiger partial charge in [-0.3, -0.25) is 0 Å². The zero-order chi connectivity index (χ0) is 42.7. The molecule has 0 aromatic heterocycles. The van der Waals surface area contributed by atoms with Crippen LogP contribution in [0.5, 0.6) is 0 Å². The number of aliphatic hydroxyl groups excluding tert-OH is 1. The van der Waals surface area contributed by atoms with Crippen molar-refractivity contribution in [1.29, 1.82) is 0 Å². The van der Waals surface area contributed by atoms with Gasteiger partial charge in [-0.25, -0.2) is 0 Å². The molecule has 0 saturated heterocycles. The molecule has 1 nitrogen and oxygen atoms in total. The van der Waals surface area contributed by atoms with Gasteiger partial charge < -0.3 is 5.11 Å². The summed E-state index contributed by atoms with van der Waals surface area (Å²) in [6, 6.07) is 0. The Morgan fingerprint density at radius 3 is 0.431 bits per heavy atom. The molecule has 0 spiro atoms. The van der Waals surface area contributed by atoms with Crippen LogP contribution in [0.4, 0.5) is 145 Å². The highest BCUT2D eigenvalue weighted by Gasteiger charge is 3.01. The third-order valence-electron chi connectivity index (χ3n) is 6.14. The molecule has 51 heavy (non-hydrogen) atoms. The van der Waals surface area contributed by atoms with E-state index in [9.17, 15) is 145 Å². The lowest BCUT2D eigenvalue weighted by molar-refractivity contribution is -0.491. The number of rotatable bonds is 15. The summed E-state index contributed by atoms with van der Waals surface area (Å²) in [5, 5.41) is 7.81. The Balaban J connectivity index is 7.72. The fraction of sp³-hybridized carbons (Fsp3) is 1.00. The van der Waals surface area contributed by atoms with Crippen molar-refractivity contribution in [2.75, 3.05) is 6.61 Å². The third-order valence-corrected chi connectivity index (χ3v) is 6.14. The third kappa shape index (κ3) is 5.40. The number of hydrogen-bond acceptors (Lipinski definition) is 1. The molecule has 0 atom stereocenters. The summed E-state index contributed by atoms with van der Waals surface area (Å²) in [6.45, 7) is -3.93. The molecule has 0 bridgehead atoms. The minimum absolute atomic E-state index is 3.93. The zero-order valence-corrected chi connectivity index (χ0v) is 21.6. The number of halogens is 33. The lowest BCUT2D eigenvalue weighted by Crippen LogP contribution is -2.80. The molecule has 0 radical (unpaired) electrons. The minimum atomic E-state index is -10.2. The van der Waals surface area contributed by atoms with Crippen molar-refractivity contribution in [3.05, 3.63) is 0 Å². The van der Waals surface area contributed by atoms with Crippen molar-refractivity contribution in [3.63, 3.8) is 0 Å². The van der Waals surface area contributed by atoms with Crippen molar-refractivity contribution in [2.24, 2.45) is 0 Å². The van der Waals surface area contributed by atoms with Gasteiger partial charge in [0.1, 0.15) is 6.61 Å². The van der Waals surface area contributed by atoms with E-state index in [1.54, 1.807) is 0 Å². The second kappa shape index (κ2) is 11.6. The van der Waals surface area contributed by atoms with Crippen LogP contribution in [0.1, 0.15) is 0 Å². The van der Waals surface area contributed by atoms with Crippen LogP contribution in [0.2, 0.25) is 0 Å². The van der Waals surface area contributed by atoms with Gasteiger partial charge in [-0.2, -0.15) is 145 Å². The standard InChI is InChI=1S/C17H3F33O/c18-2(19,1-51)3(20,21)4(22,23)5(24,25)6(26,27)7(28,29)8(30,31)9(32,33)10(34,35)11(36,37)12(38,39)13(40,41)14(42,43)15(44,45)16(46,47)17(48,49)50/h51H,1H2. The lowest BCUT2D eigenvalue weighted by Gasteiger charge is -2.46. The van der Waals surface area contributed by atoms with E-state index in [1.807, 2.05) is 0 Å². The highest BCUT2D eigenvalue weighted by atomic mass is 19.4. The molecule has 0 aromatic rings. The molecular weight excluding hydrogens is 847 g/mol. The average Bonchev–Trinajstić information content (AvgIpc) is 2.90. The summed E-state index contributed by atoms with van der Waals surface area (Å²) < 4.78 is 439. The van der Waals surface area contributed by atoms with Gasteiger partial charge in [0.2, 0.25) is 0 Å². The van der Waals surface area contributed by atoms with Crippen molar-refractivity contribution in [1.82, 2.24) is 0 Å². The largest absolute Gasteiger partial charge is 0.460 e. The predicted octanol–water partition coefficient (Wildman–Crippen LogP) is 10.1. The van der Waals surface area contributed by atoms with Crippen LogP contribution in [0.3, 0.4) is 0 Å². The maximum absolute atomic E-state index is 13.7. The van der Waals surface area contributed by atoms with Crippen molar-refractivity contribution in [2.45, 2.75) is 95.0 Å². The van der Waals surface area contributed by atoms with Crippen LogP contribution in [0, 0.1) is 0 Å². The van der Waals surface area contributed by atoms with Gasteiger partial charge in [0.25, 0.3) is 0 Å². The molecule has 0 aliphatic carbocycles. The maximum atomic E-state index is 13.7. The molecule has 34 heteroatoms. The first-order chi connectivity index (χ1) is 21.3. The molecule has 0 saturated carbocycles. The van der Waals surface area contributed by atoms with Crippen molar-refractivity contribution in [3.8, 4) is 0 Å². The SMILES string of the molecule is OCC(F)(F)C(F)(F)C(F)(F)C(F)(F)C(F)(F)C(F)(F)C(F)(F)C(F)(F)C(F)(F)C(F)(F)C(F)(F)C(F)(F)C(F)(F)C(F)(F)C(F)(F)C(F)(F)F. The molecule has 0 rings (SSSR count).